The predicted octanol–water partition coefficient (Wildman–Crippen LogP) is 2.50. The number of methoxy groups -OCH3 is 1. The van der Waals surface area contributed by atoms with E-state index in [-0.39, 0.29) is 6.10 Å². The minimum absolute atomic E-state index is 0.281. The van der Waals surface area contributed by atoms with E-state index in [2.05, 4.69) is 5.32 Å². The summed E-state index contributed by atoms with van der Waals surface area (Å²) in [5.41, 5.74) is 0.885. The fraction of sp³-hybridized carbons (Fsp3) is 0.417. The Labute approximate surface area is 95.6 Å². The molecule has 1 unspecified atom stereocenters. The number of para-hydroxylation sites is 1. The minimum Gasteiger partial charge on any atom is -0.496 e. The molecular formula is C12H17NO3. The van der Waals surface area contributed by atoms with Crippen molar-refractivity contribution in [1.82, 2.24) is 5.32 Å². The van der Waals surface area contributed by atoms with E-state index >= 15 is 0 Å². The van der Waals surface area contributed by atoms with Crippen molar-refractivity contribution in [3.63, 3.8) is 0 Å². The summed E-state index contributed by atoms with van der Waals surface area (Å²) in [7, 11) is 3.14. The summed E-state index contributed by atoms with van der Waals surface area (Å²) < 4.78 is 10.5. The zero-order chi connectivity index (χ0) is 12.0. The number of nitrogens with one attached hydrogen (secondary N) is 1. The van der Waals surface area contributed by atoms with E-state index in [1.54, 1.807) is 7.11 Å². The first-order valence-electron chi connectivity index (χ1n) is 5.24. The zero-order valence-corrected chi connectivity index (χ0v) is 9.82. The quantitative estimate of drug-likeness (QED) is 0.853. The number of rotatable bonds is 4. The standard InChI is InChI=1S/C12H17NO3/c1-4-10(16-12(14)13-2)9-7-5-6-8-11(9)15-3/h5-8,10H,4H2,1-3H3,(H,13,14). The van der Waals surface area contributed by atoms with Crippen LogP contribution >= 0.6 is 0 Å². The van der Waals surface area contributed by atoms with Crippen LogP contribution in [0.2, 0.25) is 0 Å². The summed E-state index contributed by atoms with van der Waals surface area (Å²) in [6, 6.07) is 7.53. The maximum atomic E-state index is 11.2. The van der Waals surface area contributed by atoms with E-state index in [0.717, 1.165) is 11.3 Å². The maximum absolute atomic E-state index is 11.2. The van der Waals surface area contributed by atoms with Gasteiger partial charge in [-0.3, -0.25) is 0 Å². The van der Waals surface area contributed by atoms with Gasteiger partial charge in [-0.25, -0.2) is 4.79 Å². The Morgan fingerprint density at radius 3 is 2.69 bits per heavy atom. The lowest BCUT2D eigenvalue weighted by atomic mass is 10.1. The average Bonchev–Trinajstić information content (AvgIpc) is 2.35. The molecule has 16 heavy (non-hydrogen) atoms. The first kappa shape index (κ1) is 12.4. The minimum atomic E-state index is -0.433. The molecular weight excluding hydrogens is 206 g/mol. The highest BCUT2D eigenvalue weighted by atomic mass is 16.6. The van der Waals surface area contributed by atoms with Crippen LogP contribution in [0.25, 0.3) is 0 Å². The second-order valence-electron chi connectivity index (χ2n) is 3.29. The van der Waals surface area contributed by atoms with Gasteiger partial charge in [0, 0.05) is 12.6 Å². The number of alkyl carbamates (subject to hydrolysis) is 1. The van der Waals surface area contributed by atoms with Gasteiger partial charge in [-0.1, -0.05) is 25.1 Å². The van der Waals surface area contributed by atoms with Gasteiger partial charge in [0.2, 0.25) is 0 Å². The van der Waals surface area contributed by atoms with E-state index in [9.17, 15) is 4.79 Å². The van der Waals surface area contributed by atoms with Crippen LogP contribution in [-0.4, -0.2) is 20.3 Å². The molecule has 4 nitrogen and oxygen atoms in total. The Hall–Kier alpha value is -1.71. The summed E-state index contributed by atoms with van der Waals surface area (Å²) in [6.07, 6.45) is -0.0118. The van der Waals surface area contributed by atoms with Gasteiger partial charge in [-0.15, -0.1) is 0 Å². The Balaban J connectivity index is 2.89. The fourth-order valence-electron chi connectivity index (χ4n) is 1.49. The van der Waals surface area contributed by atoms with Crippen molar-refractivity contribution < 1.29 is 14.3 Å². The summed E-state index contributed by atoms with van der Waals surface area (Å²) in [6.45, 7) is 1.96. The van der Waals surface area contributed by atoms with Crippen molar-refractivity contribution in [3.05, 3.63) is 29.8 Å². The first-order chi connectivity index (χ1) is 7.72. The highest BCUT2D eigenvalue weighted by Crippen LogP contribution is 2.29. The molecule has 0 saturated carbocycles. The van der Waals surface area contributed by atoms with Gasteiger partial charge in [-0.05, 0) is 12.5 Å². The van der Waals surface area contributed by atoms with E-state index in [1.807, 2.05) is 31.2 Å². The van der Waals surface area contributed by atoms with Crippen LogP contribution in [0.5, 0.6) is 5.75 Å². The molecule has 0 saturated heterocycles. The number of ether oxygens (including phenoxy) is 2. The second kappa shape index (κ2) is 6.00. The van der Waals surface area contributed by atoms with Gasteiger partial charge in [0.05, 0.1) is 7.11 Å². The van der Waals surface area contributed by atoms with E-state index < -0.39 is 6.09 Å². The smallest absolute Gasteiger partial charge is 0.407 e. The van der Waals surface area contributed by atoms with E-state index in [1.165, 1.54) is 7.05 Å². The maximum Gasteiger partial charge on any atom is 0.407 e. The Morgan fingerprint density at radius 1 is 1.44 bits per heavy atom. The van der Waals surface area contributed by atoms with Crippen LogP contribution in [0.1, 0.15) is 25.0 Å². The molecule has 0 aliphatic rings. The van der Waals surface area contributed by atoms with Crippen molar-refractivity contribution in [2.45, 2.75) is 19.4 Å². The lowest BCUT2D eigenvalue weighted by molar-refractivity contribution is 0.0955. The largest absolute Gasteiger partial charge is 0.496 e. The van der Waals surface area contributed by atoms with Crippen LogP contribution < -0.4 is 10.1 Å². The van der Waals surface area contributed by atoms with E-state index in [4.69, 9.17) is 9.47 Å². The lowest BCUT2D eigenvalue weighted by Gasteiger charge is -2.18. The molecule has 0 radical (unpaired) electrons. The highest BCUT2D eigenvalue weighted by Gasteiger charge is 2.17. The van der Waals surface area contributed by atoms with Gasteiger partial charge in [0.25, 0.3) is 0 Å². The van der Waals surface area contributed by atoms with Crippen LogP contribution in [0.15, 0.2) is 24.3 Å². The monoisotopic (exact) mass is 223 g/mol. The first-order valence-corrected chi connectivity index (χ1v) is 5.24. The number of hydrogen-bond donors (Lipinski definition) is 1. The van der Waals surface area contributed by atoms with Crippen molar-refractivity contribution >= 4 is 6.09 Å². The molecule has 1 atom stereocenters. The Bertz CT molecular complexity index is 352. The predicted molar refractivity (Wildman–Crippen MR) is 61.6 cm³/mol. The molecule has 0 aliphatic carbocycles. The van der Waals surface area contributed by atoms with Crippen LogP contribution in [0, 0.1) is 0 Å². The SMILES string of the molecule is CCC(OC(=O)NC)c1ccccc1OC. The fourth-order valence-corrected chi connectivity index (χ4v) is 1.49. The third kappa shape index (κ3) is 2.89. The molecule has 0 spiro atoms. The van der Waals surface area contributed by atoms with Crippen molar-refractivity contribution in [3.8, 4) is 5.75 Å². The second-order valence-corrected chi connectivity index (χ2v) is 3.29. The Morgan fingerprint density at radius 2 is 2.12 bits per heavy atom. The molecule has 1 amide bonds. The Kier molecular flexibility index (Phi) is 4.64. The summed E-state index contributed by atoms with van der Waals surface area (Å²) >= 11 is 0. The number of benzene rings is 1. The van der Waals surface area contributed by atoms with Gasteiger partial charge in [0.15, 0.2) is 0 Å². The molecule has 0 bridgehead atoms. The van der Waals surface area contributed by atoms with Crippen LogP contribution in [0.3, 0.4) is 0 Å². The number of amides is 1. The summed E-state index contributed by atoms with van der Waals surface area (Å²) in [5, 5.41) is 2.44. The van der Waals surface area contributed by atoms with Gasteiger partial charge in [-0.2, -0.15) is 0 Å². The van der Waals surface area contributed by atoms with E-state index in [0.29, 0.717) is 6.42 Å². The third-order valence-corrected chi connectivity index (χ3v) is 2.31. The highest BCUT2D eigenvalue weighted by molar-refractivity contribution is 5.67. The third-order valence-electron chi connectivity index (χ3n) is 2.31. The molecule has 1 N–H and O–H groups in total. The zero-order valence-electron chi connectivity index (χ0n) is 9.82. The molecule has 1 aromatic rings. The number of carbonyl (C=O) groups is 1. The van der Waals surface area contributed by atoms with Gasteiger partial charge < -0.3 is 14.8 Å². The summed E-state index contributed by atoms with van der Waals surface area (Å²) in [5.74, 6) is 0.734. The average molecular weight is 223 g/mol. The van der Waals surface area contributed by atoms with Crippen LogP contribution in [-0.2, 0) is 4.74 Å². The topological polar surface area (TPSA) is 47.6 Å². The molecule has 88 valence electrons. The molecule has 0 heterocycles. The molecule has 0 fully saturated rings. The molecule has 0 aromatic heterocycles. The molecule has 0 aliphatic heterocycles. The van der Waals surface area contributed by atoms with Crippen molar-refractivity contribution in [2.75, 3.05) is 14.2 Å². The van der Waals surface area contributed by atoms with Crippen molar-refractivity contribution in [1.29, 1.82) is 0 Å². The summed E-state index contributed by atoms with van der Waals surface area (Å²) in [4.78, 5) is 11.2. The lowest BCUT2D eigenvalue weighted by Crippen LogP contribution is -2.21. The number of carbonyl (C=O) groups excluding carboxylic acids is 1. The molecule has 1 aromatic carbocycles. The van der Waals surface area contributed by atoms with Crippen molar-refractivity contribution in [2.24, 2.45) is 0 Å². The van der Waals surface area contributed by atoms with Crippen LogP contribution in [0.4, 0.5) is 4.79 Å². The van der Waals surface area contributed by atoms with Gasteiger partial charge >= 0.3 is 6.09 Å². The molecule has 1 rings (SSSR count). The molecule has 4 heteroatoms. The number of hydrogen-bond acceptors (Lipinski definition) is 3. The normalized spacial score (nSPS) is 11.7. The van der Waals surface area contributed by atoms with Gasteiger partial charge in [0.1, 0.15) is 11.9 Å².